The van der Waals surface area contributed by atoms with Gasteiger partial charge in [0, 0.05) is 32.2 Å². The van der Waals surface area contributed by atoms with Crippen LogP contribution in [0.3, 0.4) is 0 Å². The number of aromatic nitrogens is 2. The highest BCUT2D eigenvalue weighted by atomic mass is 16.2. The molecule has 0 bridgehead atoms. The molecule has 1 saturated heterocycles. The van der Waals surface area contributed by atoms with Gasteiger partial charge >= 0.3 is 0 Å². The molecule has 1 aromatic heterocycles. The highest BCUT2D eigenvalue weighted by molar-refractivity contribution is 5.76. The standard InChI is InChI=1S/C14H18N4O2/c19-13-9-12(16-5-1-2-6-16)10-15-18(13)11-14(20)17-7-3-4-8-17/h3-4,9-10H,1-2,5-8,11H2. The van der Waals surface area contributed by atoms with Crippen LogP contribution in [-0.2, 0) is 11.3 Å². The van der Waals surface area contributed by atoms with E-state index in [2.05, 4.69) is 10.00 Å². The van der Waals surface area contributed by atoms with Crippen molar-refractivity contribution in [2.24, 2.45) is 0 Å². The molecular formula is C14H18N4O2. The Kier molecular flexibility index (Phi) is 3.54. The number of hydrogen-bond acceptors (Lipinski definition) is 4. The number of anilines is 1. The molecule has 20 heavy (non-hydrogen) atoms. The molecule has 1 aromatic rings. The third-order valence-electron chi connectivity index (χ3n) is 3.78. The fourth-order valence-corrected chi connectivity index (χ4v) is 2.60. The maximum absolute atomic E-state index is 12.0. The van der Waals surface area contributed by atoms with Crippen molar-refractivity contribution >= 4 is 11.6 Å². The van der Waals surface area contributed by atoms with Gasteiger partial charge in [-0.2, -0.15) is 5.10 Å². The molecule has 1 amide bonds. The third-order valence-corrected chi connectivity index (χ3v) is 3.78. The molecule has 0 radical (unpaired) electrons. The maximum atomic E-state index is 12.0. The molecule has 0 aromatic carbocycles. The Morgan fingerprint density at radius 1 is 1.20 bits per heavy atom. The summed E-state index contributed by atoms with van der Waals surface area (Å²) >= 11 is 0. The van der Waals surface area contributed by atoms with Crippen molar-refractivity contribution in [1.82, 2.24) is 14.7 Å². The quantitative estimate of drug-likeness (QED) is 0.741. The SMILES string of the molecule is O=C(Cn1ncc(N2CCCC2)cc1=O)N1CC=CC1. The Labute approximate surface area is 117 Å². The van der Waals surface area contributed by atoms with Gasteiger partial charge in [0.1, 0.15) is 6.54 Å². The lowest BCUT2D eigenvalue weighted by molar-refractivity contribution is -0.130. The first-order chi connectivity index (χ1) is 9.74. The average molecular weight is 274 g/mol. The van der Waals surface area contributed by atoms with Crippen LogP contribution in [0, 0.1) is 0 Å². The van der Waals surface area contributed by atoms with Crippen LogP contribution in [0.4, 0.5) is 5.69 Å². The summed E-state index contributed by atoms with van der Waals surface area (Å²) < 4.78 is 1.24. The van der Waals surface area contributed by atoms with Gasteiger partial charge in [-0.1, -0.05) is 12.2 Å². The van der Waals surface area contributed by atoms with Crippen molar-refractivity contribution < 1.29 is 4.79 Å². The molecule has 0 N–H and O–H groups in total. The number of nitrogens with zero attached hydrogens (tertiary/aromatic N) is 4. The molecule has 3 heterocycles. The lowest BCUT2D eigenvalue weighted by Gasteiger charge is -2.18. The van der Waals surface area contributed by atoms with Gasteiger partial charge in [-0.05, 0) is 12.8 Å². The summed E-state index contributed by atoms with van der Waals surface area (Å²) in [5.41, 5.74) is 0.647. The van der Waals surface area contributed by atoms with Gasteiger partial charge in [0.2, 0.25) is 5.91 Å². The molecule has 1 fully saturated rings. The summed E-state index contributed by atoms with van der Waals surface area (Å²) in [7, 11) is 0. The van der Waals surface area contributed by atoms with E-state index in [1.54, 1.807) is 17.2 Å². The fraction of sp³-hybridized carbons (Fsp3) is 0.500. The topological polar surface area (TPSA) is 58.4 Å². The van der Waals surface area contributed by atoms with E-state index in [0.717, 1.165) is 31.6 Å². The van der Waals surface area contributed by atoms with Crippen molar-refractivity contribution in [3.8, 4) is 0 Å². The van der Waals surface area contributed by atoms with Crippen molar-refractivity contribution in [2.45, 2.75) is 19.4 Å². The number of carbonyl (C=O) groups is 1. The van der Waals surface area contributed by atoms with Gasteiger partial charge in [0.25, 0.3) is 5.56 Å². The van der Waals surface area contributed by atoms with Crippen LogP contribution in [0.5, 0.6) is 0 Å². The molecule has 3 rings (SSSR count). The van der Waals surface area contributed by atoms with Crippen molar-refractivity contribution in [2.75, 3.05) is 31.1 Å². The van der Waals surface area contributed by atoms with Gasteiger partial charge in [0.15, 0.2) is 0 Å². The average Bonchev–Trinajstić information content (AvgIpc) is 3.14. The van der Waals surface area contributed by atoms with E-state index >= 15 is 0 Å². The monoisotopic (exact) mass is 274 g/mol. The molecular weight excluding hydrogens is 256 g/mol. The number of rotatable bonds is 3. The lowest BCUT2D eigenvalue weighted by Crippen LogP contribution is -2.36. The zero-order valence-corrected chi connectivity index (χ0v) is 11.4. The van der Waals surface area contributed by atoms with Crippen molar-refractivity contribution in [3.63, 3.8) is 0 Å². The molecule has 0 aliphatic carbocycles. The first-order valence-electron chi connectivity index (χ1n) is 6.99. The first-order valence-corrected chi connectivity index (χ1v) is 6.99. The fourth-order valence-electron chi connectivity index (χ4n) is 2.60. The molecule has 2 aliphatic heterocycles. The van der Waals surface area contributed by atoms with E-state index in [1.807, 2.05) is 12.2 Å². The second-order valence-electron chi connectivity index (χ2n) is 5.17. The van der Waals surface area contributed by atoms with Crippen LogP contribution in [0.2, 0.25) is 0 Å². The van der Waals surface area contributed by atoms with Crippen molar-refractivity contribution in [3.05, 3.63) is 34.8 Å². The van der Waals surface area contributed by atoms with Gasteiger partial charge in [0.05, 0.1) is 11.9 Å². The van der Waals surface area contributed by atoms with Crippen LogP contribution >= 0.6 is 0 Å². The normalized spacial score (nSPS) is 18.0. The summed E-state index contributed by atoms with van der Waals surface area (Å²) in [5.74, 6) is -0.0708. The molecule has 106 valence electrons. The minimum absolute atomic E-state index is 0.0147. The number of amides is 1. The summed E-state index contributed by atoms with van der Waals surface area (Å²) in [6.07, 6.45) is 7.89. The van der Waals surface area contributed by atoms with Crippen LogP contribution in [0.15, 0.2) is 29.2 Å². The molecule has 0 saturated carbocycles. The molecule has 0 unspecified atom stereocenters. The Morgan fingerprint density at radius 3 is 2.55 bits per heavy atom. The van der Waals surface area contributed by atoms with E-state index in [4.69, 9.17) is 0 Å². The van der Waals surface area contributed by atoms with E-state index in [-0.39, 0.29) is 18.0 Å². The molecule has 6 heteroatoms. The Hall–Kier alpha value is -2.11. The third kappa shape index (κ3) is 2.59. The van der Waals surface area contributed by atoms with Gasteiger partial charge < -0.3 is 9.80 Å². The zero-order valence-electron chi connectivity index (χ0n) is 11.4. The van der Waals surface area contributed by atoms with E-state index in [9.17, 15) is 9.59 Å². The zero-order chi connectivity index (χ0) is 13.9. The molecule has 0 atom stereocenters. The second-order valence-corrected chi connectivity index (χ2v) is 5.17. The van der Waals surface area contributed by atoms with Gasteiger partial charge in [-0.3, -0.25) is 9.59 Å². The van der Waals surface area contributed by atoms with Crippen LogP contribution < -0.4 is 10.5 Å². The lowest BCUT2D eigenvalue weighted by atomic mass is 10.4. The highest BCUT2D eigenvalue weighted by Crippen LogP contribution is 2.16. The Morgan fingerprint density at radius 2 is 1.90 bits per heavy atom. The smallest absolute Gasteiger partial charge is 0.269 e. The van der Waals surface area contributed by atoms with E-state index < -0.39 is 0 Å². The van der Waals surface area contributed by atoms with Gasteiger partial charge in [-0.15, -0.1) is 0 Å². The van der Waals surface area contributed by atoms with E-state index in [0.29, 0.717) is 13.1 Å². The Balaban J connectivity index is 1.70. The second kappa shape index (κ2) is 5.48. The van der Waals surface area contributed by atoms with Crippen molar-refractivity contribution in [1.29, 1.82) is 0 Å². The number of hydrogen-bond donors (Lipinski definition) is 0. The molecule has 0 spiro atoms. The molecule has 6 nitrogen and oxygen atoms in total. The summed E-state index contributed by atoms with van der Waals surface area (Å²) in [6, 6.07) is 1.58. The maximum Gasteiger partial charge on any atom is 0.269 e. The summed E-state index contributed by atoms with van der Waals surface area (Å²) in [6.45, 7) is 3.21. The summed E-state index contributed by atoms with van der Waals surface area (Å²) in [4.78, 5) is 27.9. The predicted molar refractivity (Wildman–Crippen MR) is 75.7 cm³/mol. The minimum atomic E-state index is -0.213. The highest BCUT2D eigenvalue weighted by Gasteiger charge is 2.17. The first kappa shape index (κ1) is 12.9. The number of carbonyl (C=O) groups excluding carboxylic acids is 1. The largest absolute Gasteiger partial charge is 0.370 e. The van der Waals surface area contributed by atoms with Crippen LogP contribution in [-0.4, -0.2) is 46.8 Å². The van der Waals surface area contributed by atoms with Gasteiger partial charge in [-0.25, -0.2) is 4.68 Å². The minimum Gasteiger partial charge on any atom is -0.370 e. The van der Waals surface area contributed by atoms with E-state index in [1.165, 1.54) is 4.68 Å². The van der Waals surface area contributed by atoms with Crippen LogP contribution in [0.25, 0.3) is 0 Å². The summed E-state index contributed by atoms with van der Waals surface area (Å²) in [5, 5.41) is 4.13. The Bertz CT molecular complexity index is 579. The molecule has 2 aliphatic rings. The predicted octanol–water partition coefficient (Wildman–Crippen LogP) is 0.242. The van der Waals surface area contributed by atoms with Crippen LogP contribution in [0.1, 0.15) is 12.8 Å².